The van der Waals surface area contributed by atoms with Crippen molar-refractivity contribution in [1.29, 1.82) is 0 Å². The number of rotatable bonds is 2. The van der Waals surface area contributed by atoms with Gasteiger partial charge in [-0.2, -0.15) is 5.10 Å². The van der Waals surface area contributed by atoms with Gasteiger partial charge in [-0.05, 0) is 29.8 Å². The van der Waals surface area contributed by atoms with Gasteiger partial charge in [0.05, 0.1) is 12.2 Å². The zero-order valence-electron chi connectivity index (χ0n) is 12.0. The molecule has 3 aromatic rings. The third-order valence-electron chi connectivity index (χ3n) is 3.92. The molecule has 5 heteroatoms. The van der Waals surface area contributed by atoms with Crippen LogP contribution in [0.25, 0.3) is 22.4 Å². The Labute approximate surface area is 127 Å². The molecule has 1 aromatic carbocycles. The highest BCUT2D eigenvalue weighted by Crippen LogP contribution is 2.35. The lowest BCUT2D eigenvalue weighted by atomic mass is 9.99. The summed E-state index contributed by atoms with van der Waals surface area (Å²) in [6.45, 7) is 2.48. The van der Waals surface area contributed by atoms with Crippen LogP contribution in [-0.4, -0.2) is 21.3 Å². The van der Waals surface area contributed by atoms with Crippen molar-refractivity contribution >= 4 is 0 Å². The van der Waals surface area contributed by atoms with Crippen LogP contribution in [0.5, 0.6) is 0 Å². The molecule has 1 N–H and O–H groups in total. The molecule has 2 aromatic heterocycles. The number of nitrogens with zero attached hydrogens (tertiary/aromatic N) is 3. The molecule has 4 rings (SSSR count). The van der Waals surface area contributed by atoms with E-state index in [1.165, 1.54) is 12.1 Å². The average Bonchev–Trinajstić information content (AvgIpc) is 2.95. The summed E-state index contributed by atoms with van der Waals surface area (Å²) in [5, 5.41) is 8.10. The molecule has 1 aliphatic heterocycles. The molecule has 0 saturated carbocycles. The van der Waals surface area contributed by atoms with Gasteiger partial charge in [0.1, 0.15) is 11.5 Å². The van der Waals surface area contributed by atoms with Gasteiger partial charge < -0.3 is 5.32 Å². The van der Waals surface area contributed by atoms with Gasteiger partial charge in [-0.1, -0.05) is 12.1 Å². The van der Waals surface area contributed by atoms with Gasteiger partial charge in [0.15, 0.2) is 0 Å². The molecule has 0 bridgehead atoms. The van der Waals surface area contributed by atoms with E-state index < -0.39 is 0 Å². The molecule has 4 nitrogen and oxygen atoms in total. The zero-order chi connectivity index (χ0) is 14.9. The number of benzene rings is 1. The van der Waals surface area contributed by atoms with Crippen molar-refractivity contribution in [3.8, 4) is 22.4 Å². The van der Waals surface area contributed by atoms with Gasteiger partial charge in [0, 0.05) is 36.6 Å². The summed E-state index contributed by atoms with van der Waals surface area (Å²) >= 11 is 0. The SMILES string of the molecule is Fc1cccc(-c2nn3c(c2-c2ccncc2)CNCC3)c1. The zero-order valence-corrected chi connectivity index (χ0v) is 12.0. The number of nitrogens with one attached hydrogen (secondary N) is 1. The number of fused-ring (bicyclic) bond motifs is 1. The van der Waals surface area contributed by atoms with E-state index in [1.807, 2.05) is 22.9 Å². The quantitative estimate of drug-likeness (QED) is 0.790. The molecule has 110 valence electrons. The van der Waals surface area contributed by atoms with Gasteiger partial charge in [0.2, 0.25) is 0 Å². The maximum Gasteiger partial charge on any atom is 0.123 e. The van der Waals surface area contributed by atoms with Gasteiger partial charge in [0.25, 0.3) is 0 Å². The first kappa shape index (κ1) is 13.2. The van der Waals surface area contributed by atoms with Crippen LogP contribution in [-0.2, 0) is 13.1 Å². The molecule has 0 radical (unpaired) electrons. The summed E-state index contributed by atoms with van der Waals surface area (Å²) in [7, 11) is 0. The number of pyridine rings is 1. The second-order valence-corrected chi connectivity index (χ2v) is 5.32. The standard InChI is InChI=1S/C17H15FN4/c18-14-3-1-2-13(10-14)17-16(12-4-6-19-7-5-12)15-11-20-8-9-22(15)21-17/h1-7,10,20H,8-9,11H2. The first-order valence-corrected chi connectivity index (χ1v) is 7.29. The third-order valence-corrected chi connectivity index (χ3v) is 3.92. The lowest BCUT2D eigenvalue weighted by molar-refractivity contribution is 0.477. The fourth-order valence-electron chi connectivity index (χ4n) is 2.91. The van der Waals surface area contributed by atoms with Crippen LogP contribution in [0.3, 0.4) is 0 Å². The summed E-state index contributed by atoms with van der Waals surface area (Å²) in [6, 6.07) is 10.5. The summed E-state index contributed by atoms with van der Waals surface area (Å²) in [5.41, 5.74) is 4.87. The molecule has 0 fully saturated rings. The van der Waals surface area contributed by atoms with E-state index >= 15 is 0 Å². The molecule has 3 heterocycles. The van der Waals surface area contributed by atoms with E-state index in [9.17, 15) is 4.39 Å². The minimum absolute atomic E-state index is 0.248. The summed E-state index contributed by atoms with van der Waals surface area (Å²) in [5.74, 6) is -0.248. The van der Waals surface area contributed by atoms with Gasteiger partial charge in [-0.3, -0.25) is 9.67 Å². The minimum atomic E-state index is -0.248. The Morgan fingerprint density at radius 1 is 1.09 bits per heavy atom. The highest BCUT2D eigenvalue weighted by Gasteiger charge is 2.22. The molecule has 0 unspecified atom stereocenters. The fraction of sp³-hybridized carbons (Fsp3) is 0.176. The molecular weight excluding hydrogens is 279 g/mol. The molecular formula is C17H15FN4. The molecule has 0 atom stereocenters. The van der Waals surface area contributed by atoms with E-state index in [0.717, 1.165) is 47.7 Å². The van der Waals surface area contributed by atoms with Crippen LogP contribution < -0.4 is 5.32 Å². The van der Waals surface area contributed by atoms with Crippen molar-refractivity contribution < 1.29 is 4.39 Å². The van der Waals surface area contributed by atoms with Crippen LogP contribution >= 0.6 is 0 Å². The van der Waals surface area contributed by atoms with Crippen molar-refractivity contribution in [2.24, 2.45) is 0 Å². The van der Waals surface area contributed by atoms with E-state index in [0.29, 0.717) is 0 Å². The lowest BCUT2D eigenvalue weighted by Crippen LogP contribution is -2.28. The topological polar surface area (TPSA) is 42.7 Å². The van der Waals surface area contributed by atoms with Gasteiger partial charge in [-0.15, -0.1) is 0 Å². The fourth-order valence-corrected chi connectivity index (χ4v) is 2.91. The Bertz CT molecular complexity index is 811. The van der Waals surface area contributed by atoms with E-state index in [1.54, 1.807) is 18.5 Å². The smallest absolute Gasteiger partial charge is 0.123 e. The highest BCUT2D eigenvalue weighted by molar-refractivity contribution is 5.82. The highest BCUT2D eigenvalue weighted by atomic mass is 19.1. The Morgan fingerprint density at radius 3 is 2.77 bits per heavy atom. The van der Waals surface area contributed by atoms with Crippen LogP contribution in [0.15, 0.2) is 48.8 Å². The molecule has 1 aliphatic rings. The summed E-state index contributed by atoms with van der Waals surface area (Å²) < 4.78 is 15.6. The number of aromatic nitrogens is 3. The second kappa shape index (κ2) is 5.35. The average molecular weight is 294 g/mol. The number of halogens is 1. The first-order chi connectivity index (χ1) is 10.8. The summed E-state index contributed by atoms with van der Waals surface area (Å²) in [6.07, 6.45) is 3.54. The lowest BCUT2D eigenvalue weighted by Gasteiger charge is -2.16. The molecule has 0 saturated heterocycles. The van der Waals surface area contributed by atoms with Crippen LogP contribution in [0, 0.1) is 5.82 Å². The van der Waals surface area contributed by atoms with Crippen LogP contribution in [0.2, 0.25) is 0 Å². The summed E-state index contributed by atoms with van der Waals surface area (Å²) in [4.78, 5) is 4.08. The van der Waals surface area contributed by atoms with Crippen molar-refractivity contribution in [2.45, 2.75) is 13.1 Å². The van der Waals surface area contributed by atoms with Crippen molar-refractivity contribution in [2.75, 3.05) is 6.54 Å². The Hall–Kier alpha value is -2.53. The Balaban J connectivity index is 1.96. The van der Waals surface area contributed by atoms with Crippen molar-refractivity contribution in [3.63, 3.8) is 0 Å². The largest absolute Gasteiger partial charge is 0.309 e. The predicted octanol–water partition coefficient (Wildman–Crippen LogP) is 2.85. The molecule has 22 heavy (non-hydrogen) atoms. The molecule has 0 spiro atoms. The normalized spacial score (nSPS) is 13.9. The van der Waals surface area contributed by atoms with E-state index in [-0.39, 0.29) is 5.82 Å². The molecule has 0 amide bonds. The van der Waals surface area contributed by atoms with Crippen molar-refractivity contribution in [3.05, 3.63) is 60.3 Å². The van der Waals surface area contributed by atoms with Crippen molar-refractivity contribution in [1.82, 2.24) is 20.1 Å². The number of hydrogen-bond acceptors (Lipinski definition) is 3. The second-order valence-electron chi connectivity index (χ2n) is 5.32. The first-order valence-electron chi connectivity index (χ1n) is 7.29. The predicted molar refractivity (Wildman–Crippen MR) is 82.6 cm³/mol. The van der Waals surface area contributed by atoms with Gasteiger partial charge >= 0.3 is 0 Å². The monoisotopic (exact) mass is 294 g/mol. The third kappa shape index (κ3) is 2.19. The Morgan fingerprint density at radius 2 is 1.95 bits per heavy atom. The van der Waals surface area contributed by atoms with Crippen LogP contribution in [0.1, 0.15) is 5.69 Å². The Kier molecular flexibility index (Phi) is 3.20. The number of hydrogen-bond donors (Lipinski definition) is 1. The maximum atomic E-state index is 13.6. The van der Waals surface area contributed by atoms with E-state index in [4.69, 9.17) is 5.10 Å². The van der Waals surface area contributed by atoms with Gasteiger partial charge in [-0.25, -0.2) is 4.39 Å². The maximum absolute atomic E-state index is 13.6. The van der Waals surface area contributed by atoms with E-state index in [2.05, 4.69) is 10.3 Å². The minimum Gasteiger partial charge on any atom is -0.309 e. The van der Waals surface area contributed by atoms with Crippen LogP contribution in [0.4, 0.5) is 4.39 Å². The molecule has 0 aliphatic carbocycles.